The Kier molecular flexibility index (Phi) is 3.93. The van der Waals surface area contributed by atoms with E-state index in [0.717, 1.165) is 0 Å². The standard InChI is InChI=1S/C13H16FNO3/c14-11-4-2-1-3-10(11)12(16)15-9-13(17)5-7-18-8-6-13/h1-4,17H,5-9H2,(H,15,16). The number of halogens is 1. The van der Waals surface area contributed by atoms with Crippen molar-refractivity contribution in [1.82, 2.24) is 5.32 Å². The molecule has 98 valence electrons. The summed E-state index contributed by atoms with van der Waals surface area (Å²) in [6.45, 7) is 1.07. The van der Waals surface area contributed by atoms with Crippen LogP contribution in [0.25, 0.3) is 0 Å². The molecule has 5 heteroatoms. The molecule has 2 rings (SSSR count). The molecule has 0 radical (unpaired) electrons. The van der Waals surface area contributed by atoms with Gasteiger partial charge in [-0.2, -0.15) is 0 Å². The number of carbonyl (C=O) groups excluding carboxylic acids is 1. The summed E-state index contributed by atoms with van der Waals surface area (Å²) in [5.41, 5.74) is -0.952. The van der Waals surface area contributed by atoms with Crippen molar-refractivity contribution in [2.45, 2.75) is 18.4 Å². The fraction of sp³-hybridized carbons (Fsp3) is 0.462. The Morgan fingerprint density at radius 2 is 2.06 bits per heavy atom. The van der Waals surface area contributed by atoms with Gasteiger partial charge in [-0.25, -0.2) is 4.39 Å². The van der Waals surface area contributed by atoms with E-state index in [9.17, 15) is 14.3 Å². The van der Waals surface area contributed by atoms with Crippen LogP contribution in [0.3, 0.4) is 0 Å². The quantitative estimate of drug-likeness (QED) is 0.848. The fourth-order valence-electron chi connectivity index (χ4n) is 1.91. The van der Waals surface area contributed by atoms with Gasteiger partial charge in [0.2, 0.25) is 0 Å². The third-order valence-electron chi connectivity index (χ3n) is 3.12. The van der Waals surface area contributed by atoms with Crippen molar-refractivity contribution in [3.8, 4) is 0 Å². The predicted octanol–water partition coefficient (Wildman–Crippen LogP) is 1.10. The predicted molar refractivity (Wildman–Crippen MR) is 63.7 cm³/mol. The van der Waals surface area contributed by atoms with Crippen molar-refractivity contribution >= 4 is 5.91 Å². The molecule has 1 aromatic rings. The molecule has 0 saturated carbocycles. The average Bonchev–Trinajstić information content (AvgIpc) is 2.38. The highest BCUT2D eigenvalue weighted by Gasteiger charge is 2.30. The highest BCUT2D eigenvalue weighted by atomic mass is 19.1. The Bertz CT molecular complexity index is 430. The normalized spacial score (nSPS) is 18.3. The first kappa shape index (κ1) is 13.0. The first-order chi connectivity index (χ1) is 8.61. The SMILES string of the molecule is O=C(NCC1(O)CCOCC1)c1ccccc1F. The number of rotatable bonds is 3. The van der Waals surface area contributed by atoms with E-state index in [2.05, 4.69) is 5.32 Å². The van der Waals surface area contributed by atoms with Crippen molar-refractivity contribution in [2.24, 2.45) is 0 Å². The highest BCUT2D eigenvalue weighted by molar-refractivity contribution is 5.94. The van der Waals surface area contributed by atoms with Crippen molar-refractivity contribution in [2.75, 3.05) is 19.8 Å². The van der Waals surface area contributed by atoms with Gasteiger partial charge in [0, 0.05) is 32.6 Å². The molecule has 1 saturated heterocycles. The second-order valence-corrected chi connectivity index (χ2v) is 4.50. The lowest BCUT2D eigenvalue weighted by Crippen LogP contribution is -2.46. The molecule has 0 unspecified atom stereocenters. The number of hydrogen-bond acceptors (Lipinski definition) is 3. The van der Waals surface area contributed by atoms with E-state index in [1.165, 1.54) is 18.2 Å². The molecule has 1 aliphatic rings. The second kappa shape index (κ2) is 5.46. The molecule has 0 atom stereocenters. The molecular formula is C13H16FNO3. The molecule has 1 fully saturated rings. The Hall–Kier alpha value is -1.46. The van der Waals surface area contributed by atoms with Crippen LogP contribution >= 0.6 is 0 Å². The highest BCUT2D eigenvalue weighted by Crippen LogP contribution is 2.19. The van der Waals surface area contributed by atoms with Gasteiger partial charge in [0.25, 0.3) is 5.91 Å². The number of amides is 1. The first-order valence-corrected chi connectivity index (χ1v) is 5.94. The van der Waals surface area contributed by atoms with Crippen molar-refractivity contribution < 1.29 is 19.0 Å². The maximum atomic E-state index is 13.4. The zero-order valence-electron chi connectivity index (χ0n) is 9.99. The van der Waals surface area contributed by atoms with E-state index in [0.29, 0.717) is 26.1 Å². The summed E-state index contributed by atoms with van der Waals surface area (Å²) in [5, 5.41) is 12.7. The Labute approximate surface area is 105 Å². The van der Waals surface area contributed by atoms with Gasteiger partial charge in [-0.05, 0) is 12.1 Å². The van der Waals surface area contributed by atoms with Gasteiger partial charge in [-0.1, -0.05) is 12.1 Å². The molecule has 1 heterocycles. The van der Waals surface area contributed by atoms with E-state index in [4.69, 9.17) is 4.74 Å². The molecular weight excluding hydrogens is 237 g/mol. The second-order valence-electron chi connectivity index (χ2n) is 4.50. The lowest BCUT2D eigenvalue weighted by Gasteiger charge is -2.32. The van der Waals surface area contributed by atoms with E-state index in [1.807, 2.05) is 0 Å². The smallest absolute Gasteiger partial charge is 0.254 e. The van der Waals surface area contributed by atoms with Gasteiger partial charge in [-0.15, -0.1) is 0 Å². The largest absolute Gasteiger partial charge is 0.388 e. The van der Waals surface area contributed by atoms with Gasteiger partial charge >= 0.3 is 0 Å². The summed E-state index contributed by atoms with van der Waals surface area (Å²) in [7, 11) is 0. The monoisotopic (exact) mass is 253 g/mol. The maximum Gasteiger partial charge on any atom is 0.254 e. The molecule has 18 heavy (non-hydrogen) atoms. The van der Waals surface area contributed by atoms with Crippen LogP contribution in [0.2, 0.25) is 0 Å². The molecule has 0 aromatic heterocycles. The minimum atomic E-state index is -0.945. The van der Waals surface area contributed by atoms with Gasteiger partial charge in [0.05, 0.1) is 11.2 Å². The van der Waals surface area contributed by atoms with Gasteiger partial charge in [-0.3, -0.25) is 4.79 Å². The van der Waals surface area contributed by atoms with E-state index < -0.39 is 17.3 Å². The van der Waals surface area contributed by atoms with Crippen LogP contribution in [-0.4, -0.2) is 36.4 Å². The minimum Gasteiger partial charge on any atom is -0.388 e. The van der Waals surface area contributed by atoms with Crippen molar-refractivity contribution in [3.63, 3.8) is 0 Å². The summed E-state index contributed by atoms with van der Waals surface area (Å²) in [6, 6.07) is 5.77. The van der Waals surface area contributed by atoms with Crippen LogP contribution in [0.4, 0.5) is 4.39 Å². The fourth-order valence-corrected chi connectivity index (χ4v) is 1.91. The molecule has 1 amide bonds. The van der Waals surface area contributed by atoms with Crippen LogP contribution < -0.4 is 5.32 Å². The third kappa shape index (κ3) is 3.05. The number of carbonyl (C=O) groups is 1. The van der Waals surface area contributed by atoms with Gasteiger partial charge in [0.1, 0.15) is 5.82 Å². The molecule has 1 aliphatic heterocycles. The molecule has 0 spiro atoms. The van der Waals surface area contributed by atoms with Crippen LogP contribution in [0.1, 0.15) is 23.2 Å². The Balaban J connectivity index is 1.94. The van der Waals surface area contributed by atoms with Crippen LogP contribution in [0.15, 0.2) is 24.3 Å². The molecule has 0 aliphatic carbocycles. The van der Waals surface area contributed by atoms with Crippen LogP contribution in [0.5, 0.6) is 0 Å². The van der Waals surface area contributed by atoms with Gasteiger partial charge < -0.3 is 15.2 Å². The zero-order valence-corrected chi connectivity index (χ0v) is 9.99. The van der Waals surface area contributed by atoms with Crippen molar-refractivity contribution in [1.29, 1.82) is 0 Å². The van der Waals surface area contributed by atoms with Crippen molar-refractivity contribution in [3.05, 3.63) is 35.6 Å². The summed E-state index contributed by atoms with van der Waals surface area (Å²) in [5.74, 6) is -1.07. The number of nitrogens with one attached hydrogen (secondary N) is 1. The molecule has 1 aromatic carbocycles. The molecule has 4 nitrogen and oxygen atoms in total. The number of ether oxygens (including phenoxy) is 1. The Morgan fingerprint density at radius 3 is 2.72 bits per heavy atom. The van der Waals surface area contributed by atoms with Gasteiger partial charge in [0.15, 0.2) is 0 Å². The Morgan fingerprint density at radius 1 is 1.39 bits per heavy atom. The maximum absolute atomic E-state index is 13.4. The summed E-state index contributed by atoms with van der Waals surface area (Å²) in [4.78, 5) is 11.8. The van der Waals surface area contributed by atoms with Crippen LogP contribution in [0, 0.1) is 5.82 Å². The summed E-state index contributed by atoms with van der Waals surface area (Å²) in [6.07, 6.45) is 0.953. The summed E-state index contributed by atoms with van der Waals surface area (Å²) < 4.78 is 18.5. The number of hydrogen-bond donors (Lipinski definition) is 2. The van der Waals surface area contributed by atoms with Crippen LogP contribution in [-0.2, 0) is 4.74 Å². The third-order valence-corrected chi connectivity index (χ3v) is 3.12. The number of aliphatic hydroxyl groups is 1. The first-order valence-electron chi connectivity index (χ1n) is 5.94. The summed E-state index contributed by atoms with van der Waals surface area (Å²) >= 11 is 0. The van der Waals surface area contributed by atoms with E-state index >= 15 is 0 Å². The molecule has 0 bridgehead atoms. The average molecular weight is 253 g/mol. The minimum absolute atomic E-state index is 0.00633. The number of benzene rings is 1. The van der Waals surface area contributed by atoms with E-state index in [1.54, 1.807) is 6.07 Å². The van der Waals surface area contributed by atoms with E-state index in [-0.39, 0.29) is 12.1 Å². The topological polar surface area (TPSA) is 58.6 Å². The lowest BCUT2D eigenvalue weighted by molar-refractivity contribution is -0.0605. The lowest BCUT2D eigenvalue weighted by atomic mass is 9.94. The molecule has 2 N–H and O–H groups in total. The zero-order chi connectivity index (χ0) is 13.0.